The molecule has 4 nitrogen and oxygen atoms in total. The molecule has 0 unspecified atom stereocenters. The molecule has 96 valence electrons. The van der Waals surface area contributed by atoms with Gasteiger partial charge in [0.2, 0.25) is 0 Å². The van der Waals surface area contributed by atoms with Crippen molar-refractivity contribution in [3.8, 4) is 17.2 Å². The smallest absolute Gasteiger partial charge is 0.148 e. The molecule has 5 heteroatoms. The predicted octanol–water partition coefficient (Wildman–Crippen LogP) is 2.63. The fourth-order valence-corrected chi connectivity index (χ4v) is 2.11. The standard InChI is InChI=1S/C13H16N2O2S/c1-9-10(8-18)7-14-15(9)12-5-4-11(16-2)6-13(12)17-3/h4-7,18H,8H2,1-3H3. The SMILES string of the molecule is COc1ccc(-n2ncc(CS)c2C)c(OC)c1. The summed E-state index contributed by atoms with van der Waals surface area (Å²) in [5.74, 6) is 2.16. The number of hydrogen-bond donors (Lipinski definition) is 1. The monoisotopic (exact) mass is 264 g/mol. The van der Waals surface area contributed by atoms with Crippen LogP contribution in [0.1, 0.15) is 11.3 Å². The van der Waals surface area contributed by atoms with Crippen molar-refractivity contribution in [1.29, 1.82) is 0 Å². The van der Waals surface area contributed by atoms with Crippen LogP contribution in [-0.4, -0.2) is 24.0 Å². The molecular formula is C13H16N2O2S. The molecule has 0 amide bonds. The first kappa shape index (κ1) is 12.8. The lowest BCUT2D eigenvalue weighted by molar-refractivity contribution is 0.392. The zero-order valence-corrected chi connectivity index (χ0v) is 11.6. The molecule has 1 aromatic heterocycles. The highest BCUT2D eigenvalue weighted by Crippen LogP contribution is 2.29. The summed E-state index contributed by atoms with van der Waals surface area (Å²) in [6.45, 7) is 2.02. The first-order valence-electron chi connectivity index (χ1n) is 5.58. The maximum atomic E-state index is 5.38. The Morgan fingerprint density at radius 1 is 1.28 bits per heavy atom. The van der Waals surface area contributed by atoms with Crippen molar-refractivity contribution in [2.24, 2.45) is 0 Å². The number of aromatic nitrogens is 2. The molecule has 0 atom stereocenters. The van der Waals surface area contributed by atoms with Crippen LogP contribution < -0.4 is 9.47 Å². The molecule has 0 spiro atoms. The highest BCUT2D eigenvalue weighted by Gasteiger charge is 2.12. The number of benzene rings is 1. The molecule has 0 fully saturated rings. The molecule has 2 aromatic rings. The van der Waals surface area contributed by atoms with E-state index in [0.717, 1.165) is 28.4 Å². The van der Waals surface area contributed by atoms with Crippen LogP contribution in [-0.2, 0) is 5.75 Å². The number of ether oxygens (including phenoxy) is 2. The Morgan fingerprint density at radius 3 is 2.61 bits per heavy atom. The molecule has 0 aliphatic carbocycles. The van der Waals surface area contributed by atoms with E-state index in [2.05, 4.69) is 17.7 Å². The molecule has 1 heterocycles. The topological polar surface area (TPSA) is 36.3 Å². The lowest BCUT2D eigenvalue weighted by Crippen LogP contribution is -2.02. The second kappa shape index (κ2) is 5.35. The van der Waals surface area contributed by atoms with E-state index in [1.165, 1.54) is 0 Å². The third-order valence-electron chi connectivity index (χ3n) is 2.90. The molecule has 0 radical (unpaired) electrons. The summed E-state index contributed by atoms with van der Waals surface area (Å²) in [7, 11) is 3.27. The quantitative estimate of drug-likeness (QED) is 0.862. The van der Waals surface area contributed by atoms with Gasteiger partial charge in [-0.2, -0.15) is 17.7 Å². The van der Waals surface area contributed by atoms with E-state index < -0.39 is 0 Å². The van der Waals surface area contributed by atoms with Gasteiger partial charge in [0.25, 0.3) is 0 Å². The normalized spacial score (nSPS) is 10.4. The lowest BCUT2D eigenvalue weighted by atomic mass is 10.2. The Balaban J connectivity index is 2.52. The predicted molar refractivity (Wildman–Crippen MR) is 74.1 cm³/mol. The van der Waals surface area contributed by atoms with Crippen molar-refractivity contribution < 1.29 is 9.47 Å². The number of methoxy groups -OCH3 is 2. The first-order chi connectivity index (χ1) is 8.71. The van der Waals surface area contributed by atoms with Gasteiger partial charge in [-0.05, 0) is 19.1 Å². The Hall–Kier alpha value is -1.62. The van der Waals surface area contributed by atoms with E-state index in [-0.39, 0.29) is 0 Å². The summed E-state index contributed by atoms with van der Waals surface area (Å²) in [6, 6.07) is 5.66. The van der Waals surface area contributed by atoms with E-state index >= 15 is 0 Å². The lowest BCUT2D eigenvalue weighted by Gasteiger charge is -2.12. The maximum absolute atomic E-state index is 5.38. The summed E-state index contributed by atoms with van der Waals surface area (Å²) in [4.78, 5) is 0. The van der Waals surface area contributed by atoms with Gasteiger partial charge in [0.1, 0.15) is 17.2 Å². The molecular weight excluding hydrogens is 248 g/mol. The minimum atomic E-state index is 0.671. The zero-order chi connectivity index (χ0) is 13.1. The van der Waals surface area contributed by atoms with Crippen LogP contribution in [0, 0.1) is 6.92 Å². The van der Waals surface area contributed by atoms with Crippen LogP contribution in [0.4, 0.5) is 0 Å². The van der Waals surface area contributed by atoms with Crippen LogP contribution in [0.2, 0.25) is 0 Å². The average molecular weight is 264 g/mol. The summed E-state index contributed by atoms with van der Waals surface area (Å²) in [5, 5.41) is 4.37. The third kappa shape index (κ3) is 2.18. The van der Waals surface area contributed by atoms with Crippen molar-refractivity contribution >= 4 is 12.6 Å². The second-order valence-corrected chi connectivity index (χ2v) is 4.18. The van der Waals surface area contributed by atoms with Gasteiger partial charge in [-0.15, -0.1) is 0 Å². The van der Waals surface area contributed by atoms with Gasteiger partial charge in [-0.1, -0.05) is 0 Å². The van der Waals surface area contributed by atoms with Crippen molar-refractivity contribution in [3.63, 3.8) is 0 Å². The van der Waals surface area contributed by atoms with Gasteiger partial charge in [-0.3, -0.25) is 0 Å². The second-order valence-electron chi connectivity index (χ2n) is 3.86. The molecule has 2 rings (SSSR count). The van der Waals surface area contributed by atoms with Crippen LogP contribution in [0.5, 0.6) is 11.5 Å². The van der Waals surface area contributed by atoms with Crippen molar-refractivity contribution in [1.82, 2.24) is 9.78 Å². The maximum Gasteiger partial charge on any atom is 0.148 e. The Kier molecular flexibility index (Phi) is 3.81. The minimum Gasteiger partial charge on any atom is -0.497 e. The fourth-order valence-electron chi connectivity index (χ4n) is 1.80. The molecule has 0 saturated carbocycles. The van der Waals surface area contributed by atoms with Crippen LogP contribution in [0.15, 0.2) is 24.4 Å². The minimum absolute atomic E-state index is 0.671. The van der Waals surface area contributed by atoms with E-state index in [4.69, 9.17) is 9.47 Å². The summed E-state index contributed by atoms with van der Waals surface area (Å²) < 4.78 is 12.4. The van der Waals surface area contributed by atoms with Crippen molar-refractivity contribution in [2.45, 2.75) is 12.7 Å². The fraction of sp³-hybridized carbons (Fsp3) is 0.308. The number of hydrogen-bond acceptors (Lipinski definition) is 4. The summed E-state index contributed by atoms with van der Waals surface area (Å²) >= 11 is 4.28. The Morgan fingerprint density at radius 2 is 2.06 bits per heavy atom. The van der Waals surface area contributed by atoms with Gasteiger partial charge in [-0.25, -0.2) is 4.68 Å². The molecule has 0 bridgehead atoms. The summed E-state index contributed by atoms with van der Waals surface area (Å²) in [6.07, 6.45) is 1.83. The molecule has 0 aliphatic rings. The van der Waals surface area contributed by atoms with E-state index in [1.807, 2.05) is 36.0 Å². The Bertz CT molecular complexity index is 552. The number of thiol groups is 1. The van der Waals surface area contributed by atoms with Gasteiger partial charge < -0.3 is 9.47 Å². The largest absolute Gasteiger partial charge is 0.497 e. The van der Waals surface area contributed by atoms with Crippen LogP contribution in [0.3, 0.4) is 0 Å². The van der Waals surface area contributed by atoms with Crippen molar-refractivity contribution in [3.05, 3.63) is 35.7 Å². The first-order valence-corrected chi connectivity index (χ1v) is 6.21. The van der Waals surface area contributed by atoms with Gasteiger partial charge >= 0.3 is 0 Å². The molecule has 0 N–H and O–H groups in total. The summed E-state index contributed by atoms with van der Waals surface area (Å²) in [5.41, 5.74) is 3.06. The van der Waals surface area contributed by atoms with Gasteiger partial charge in [0.05, 0.1) is 20.4 Å². The number of rotatable bonds is 4. The molecule has 0 saturated heterocycles. The van der Waals surface area contributed by atoms with Crippen LogP contribution in [0.25, 0.3) is 5.69 Å². The molecule has 0 aliphatic heterocycles. The third-order valence-corrected chi connectivity index (χ3v) is 3.24. The van der Waals surface area contributed by atoms with Crippen molar-refractivity contribution in [2.75, 3.05) is 14.2 Å². The average Bonchev–Trinajstić information content (AvgIpc) is 2.78. The van der Waals surface area contributed by atoms with E-state index in [9.17, 15) is 0 Å². The van der Waals surface area contributed by atoms with E-state index in [0.29, 0.717) is 5.75 Å². The van der Waals surface area contributed by atoms with Gasteiger partial charge in [0.15, 0.2) is 0 Å². The highest BCUT2D eigenvalue weighted by atomic mass is 32.1. The van der Waals surface area contributed by atoms with Crippen LogP contribution >= 0.6 is 12.6 Å². The number of nitrogens with zero attached hydrogens (tertiary/aromatic N) is 2. The Labute approximate surface area is 112 Å². The highest BCUT2D eigenvalue weighted by molar-refractivity contribution is 7.79. The van der Waals surface area contributed by atoms with E-state index in [1.54, 1.807) is 14.2 Å². The molecule has 18 heavy (non-hydrogen) atoms. The molecule has 1 aromatic carbocycles. The zero-order valence-electron chi connectivity index (χ0n) is 10.7. The van der Waals surface area contributed by atoms with Gasteiger partial charge in [0, 0.05) is 23.1 Å².